The van der Waals surface area contributed by atoms with Gasteiger partial charge in [0.1, 0.15) is 0 Å². The van der Waals surface area contributed by atoms with Crippen LogP contribution in [0.15, 0.2) is 0 Å². The van der Waals surface area contributed by atoms with Crippen molar-refractivity contribution in [2.24, 2.45) is 0 Å². The van der Waals surface area contributed by atoms with E-state index in [0.29, 0.717) is 25.8 Å². The van der Waals surface area contributed by atoms with Gasteiger partial charge in [0.25, 0.3) is 21.9 Å². The molecule has 2 aliphatic heterocycles. The van der Waals surface area contributed by atoms with Gasteiger partial charge in [-0.2, -0.15) is 8.42 Å². The Morgan fingerprint density at radius 1 is 0.871 bits per heavy atom. The number of hydrogen-bond acceptors (Lipinski definition) is 8. The first kappa shape index (κ1) is 24.9. The second-order valence-electron chi connectivity index (χ2n) is 7.71. The molecule has 1 atom stereocenters. The van der Waals surface area contributed by atoms with E-state index in [-0.39, 0.29) is 23.3 Å². The summed E-state index contributed by atoms with van der Waals surface area (Å²) in [6, 6.07) is 0. The summed E-state index contributed by atoms with van der Waals surface area (Å²) < 4.78 is 31.0. The molecule has 174 valence electrons. The third-order valence-corrected chi connectivity index (χ3v) is 6.37. The minimum absolute atomic E-state index is 0.0223. The van der Waals surface area contributed by atoms with Crippen LogP contribution in [0, 0.1) is 0 Å². The van der Waals surface area contributed by atoms with E-state index in [1.54, 1.807) is 0 Å². The third-order valence-electron chi connectivity index (χ3n) is 5.28. The average Bonchev–Trinajstić information content (AvgIpc) is 3.16. The molecule has 4 amide bonds. The van der Waals surface area contributed by atoms with Crippen LogP contribution in [0.3, 0.4) is 0 Å². The van der Waals surface area contributed by atoms with Crippen LogP contribution >= 0.6 is 0 Å². The van der Waals surface area contributed by atoms with Crippen LogP contribution in [0.25, 0.3) is 0 Å². The maximum atomic E-state index is 11.8. The molecule has 0 aromatic rings. The molecule has 2 saturated heterocycles. The zero-order valence-electron chi connectivity index (χ0n) is 17.3. The van der Waals surface area contributed by atoms with Gasteiger partial charge >= 0.3 is 5.97 Å². The van der Waals surface area contributed by atoms with E-state index >= 15 is 0 Å². The minimum Gasteiger partial charge on any atom is -0.330 e. The first-order chi connectivity index (χ1) is 14.6. The largest absolute Gasteiger partial charge is 0.333 e. The molecule has 0 aromatic carbocycles. The zero-order valence-corrected chi connectivity index (χ0v) is 18.1. The fraction of sp³-hybridized carbons (Fsp3) is 0.737. The SMILES string of the molecule is O=C(CCCCCCCCCCN1C(=O)CCC1=O)ON1C(=O)CC(S(=O)(=O)O)C1=O. The summed E-state index contributed by atoms with van der Waals surface area (Å²) in [7, 11) is -4.73. The number of unbranched alkanes of at least 4 members (excludes halogenated alkanes) is 7. The summed E-state index contributed by atoms with van der Waals surface area (Å²) in [5.74, 6) is -3.23. The molecule has 12 heteroatoms. The van der Waals surface area contributed by atoms with Crippen molar-refractivity contribution < 1.29 is 41.8 Å². The van der Waals surface area contributed by atoms with Crippen LogP contribution in [0.4, 0.5) is 0 Å². The molecule has 31 heavy (non-hydrogen) atoms. The van der Waals surface area contributed by atoms with Gasteiger partial charge in [-0.3, -0.25) is 28.6 Å². The number of hydrogen-bond donors (Lipinski definition) is 1. The van der Waals surface area contributed by atoms with Crippen LogP contribution < -0.4 is 0 Å². The van der Waals surface area contributed by atoms with Crippen molar-refractivity contribution >= 4 is 39.7 Å². The summed E-state index contributed by atoms with van der Waals surface area (Å²) in [6.45, 7) is 0.493. The average molecular weight is 461 g/mol. The molecule has 0 saturated carbocycles. The topological polar surface area (TPSA) is 155 Å². The van der Waals surface area contributed by atoms with Crippen molar-refractivity contribution in [1.82, 2.24) is 9.96 Å². The van der Waals surface area contributed by atoms with Crippen LogP contribution in [0.2, 0.25) is 0 Å². The smallest absolute Gasteiger partial charge is 0.330 e. The maximum absolute atomic E-state index is 11.8. The number of imide groups is 2. The third kappa shape index (κ3) is 7.39. The van der Waals surface area contributed by atoms with Crippen LogP contribution in [0.5, 0.6) is 0 Å². The predicted octanol–water partition coefficient (Wildman–Crippen LogP) is 1.12. The van der Waals surface area contributed by atoms with Gasteiger partial charge in [-0.1, -0.05) is 38.5 Å². The van der Waals surface area contributed by atoms with Crippen molar-refractivity contribution in [3.63, 3.8) is 0 Å². The highest BCUT2D eigenvalue weighted by molar-refractivity contribution is 7.87. The van der Waals surface area contributed by atoms with E-state index in [9.17, 15) is 32.4 Å². The van der Waals surface area contributed by atoms with Gasteiger partial charge in [-0.05, 0) is 12.8 Å². The second-order valence-corrected chi connectivity index (χ2v) is 9.31. The van der Waals surface area contributed by atoms with Gasteiger partial charge in [0.15, 0.2) is 5.25 Å². The standard InChI is InChI=1S/C19H28N2O9S/c22-15-10-11-16(23)20(15)12-8-6-4-2-1-3-5-7-9-18(25)30-21-17(24)13-14(19(21)26)31(27,28)29/h14H,1-13H2,(H,27,28,29). The molecule has 2 aliphatic rings. The molecular formula is C19H28N2O9S. The summed E-state index contributed by atoms with van der Waals surface area (Å²) in [5.41, 5.74) is 0. The fourth-order valence-corrected chi connectivity index (χ4v) is 4.23. The van der Waals surface area contributed by atoms with Gasteiger partial charge in [-0.15, -0.1) is 5.06 Å². The highest BCUT2D eigenvalue weighted by atomic mass is 32.2. The lowest BCUT2D eigenvalue weighted by atomic mass is 10.1. The van der Waals surface area contributed by atoms with Gasteiger partial charge < -0.3 is 4.84 Å². The first-order valence-electron chi connectivity index (χ1n) is 10.5. The van der Waals surface area contributed by atoms with Crippen molar-refractivity contribution in [3.05, 3.63) is 0 Å². The molecule has 2 fully saturated rings. The van der Waals surface area contributed by atoms with Crippen molar-refractivity contribution in [1.29, 1.82) is 0 Å². The molecule has 0 spiro atoms. The Bertz CT molecular complexity index is 808. The molecule has 0 bridgehead atoms. The van der Waals surface area contributed by atoms with E-state index in [1.165, 1.54) is 4.90 Å². The molecular weight excluding hydrogens is 432 g/mol. The molecule has 0 radical (unpaired) electrons. The number of nitrogens with zero attached hydrogens (tertiary/aromatic N) is 2. The Balaban J connectivity index is 1.49. The van der Waals surface area contributed by atoms with E-state index in [1.807, 2.05) is 0 Å². The van der Waals surface area contributed by atoms with Crippen molar-refractivity contribution in [3.8, 4) is 0 Å². The molecule has 2 heterocycles. The number of carbonyl (C=O) groups is 5. The highest BCUT2D eigenvalue weighted by Crippen LogP contribution is 2.20. The molecule has 0 aromatic heterocycles. The maximum Gasteiger partial charge on any atom is 0.333 e. The monoisotopic (exact) mass is 460 g/mol. The summed E-state index contributed by atoms with van der Waals surface area (Å²) in [4.78, 5) is 64.1. The fourth-order valence-electron chi connectivity index (χ4n) is 3.53. The molecule has 1 unspecified atom stereocenters. The quantitative estimate of drug-likeness (QED) is 0.242. The number of carbonyl (C=O) groups excluding carboxylic acids is 5. The van der Waals surface area contributed by atoms with Crippen molar-refractivity contribution in [2.75, 3.05) is 6.54 Å². The van der Waals surface area contributed by atoms with Gasteiger partial charge in [-0.25, -0.2) is 4.79 Å². The van der Waals surface area contributed by atoms with Crippen LogP contribution in [-0.2, 0) is 38.9 Å². The number of hydroxylamine groups is 2. The van der Waals surface area contributed by atoms with Crippen molar-refractivity contribution in [2.45, 2.75) is 82.3 Å². The lowest BCUT2D eigenvalue weighted by molar-refractivity contribution is -0.197. The second kappa shape index (κ2) is 11.3. The van der Waals surface area contributed by atoms with E-state index < -0.39 is 39.6 Å². The summed E-state index contributed by atoms with van der Waals surface area (Å²) in [5, 5.41) is -1.81. The minimum atomic E-state index is -4.73. The van der Waals surface area contributed by atoms with Gasteiger partial charge in [0.2, 0.25) is 11.8 Å². The highest BCUT2D eigenvalue weighted by Gasteiger charge is 2.48. The normalized spacial score (nSPS) is 19.6. The Hall–Kier alpha value is -2.34. The lowest BCUT2D eigenvalue weighted by Gasteiger charge is -2.13. The molecule has 11 nitrogen and oxygen atoms in total. The van der Waals surface area contributed by atoms with Gasteiger partial charge in [0.05, 0.1) is 6.42 Å². The Morgan fingerprint density at radius 2 is 1.39 bits per heavy atom. The number of rotatable bonds is 13. The molecule has 1 N–H and O–H groups in total. The molecule has 0 aliphatic carbocycles. The number of likely N-dealkylation sites (tertiary alicyclic amines) is 1. The van der Waals surface area contributed by atoms with E-state index in [0.717, 1.165) is 44.9 Å². The van der Waals surface area contributed by atoms with Gasteiger partial charge in [0, 0.05) is 25.8 Å². The van der Waals surface area contributed by atoms with Crippen LogP contribution in [-0.4, -0.2) is 64.3 Å². The summed E-state index contributed by atoms with van der Waals surface area (Å²) in [6.07, 6.45) is 6.70. The molecule has 2 rings (SSSR count). The Labute approximate surface area is 180 Å². The number of amides is 4. The Kier molecular flexibility index (Phi) is 9.11. The predicted molar refractivity (Wildman–Crippen MR) is 105 cm³/mol. The van der Waals surface area contributed by atoms with E-state index in [4.69, 9.17) is 4.55 Å². The summed E-state index contributed by atoms with van der Waals surface area (Å²) >= 11 is 0. The van der Waals surface area contributed by atoms with Crippen LogP contribution in [0.1, 0.15) is 77.0 Å². The lowest BCUT2D eigenvalue weighted by Crippen LogP contribution is -2.36. The Morgan fingerprint density at radius 3 is 1.90 bits per heavy atom. The van der Waals surface area contributed by atoms with E-state index in [2.05, 4.69) is 4.84 Å². The first-order valence-corrected chi connectivity index (χ1v) is 12.0. The zero-order chi connectivity index (χ0) is 23.0.